The predicted molar refractivity (Wildman–Crippen MR) is 135 cm³/mol. The van der Waals surface area contributed by atoms with Crippen LogP contribution in [0.4, 0.5) is 0 Å². The van der Waals surface area contributed by atoms with Crippen molar-refractivity contribution in [1.29, 1.82) is 0 Å². The van der Waals surface area contributed by atoms with Crippen molar-refractivity contribution in [2.45, 2.75) is 0 Å². The van der Waals surface area contributed by atoms with Gasteiger partial charge in [-0.3, -0.25) is 0 Å². The van der Waals surface area contributed by atoms with Crippen molar-refractivity contribution in [2.75, 3.05) is 5.90 Å². The second kappa shape index (κ2) is 7.72. The fraction of sp³-hybridized carbons (Fsp3) is 0.0370. The van der Waals surface area contributed by atoms with E-state index in [0.717, 1.165) is 0 Å². The molecule has 0 nitrogen and oxygen atoms in total. The molecular formula is C27H26P2. The molecule has 1 aliphatic rings. The van der Waals surface area contributed by atoms with E-state index in [9.17, 15) is 0 Å². The van der Waals surface area contributed by atoms with Crippen molar-refractivity contribution < 1.29 is 0 Å². The van der Waals surface area contributed by atoms with Crippen LogP contribution in [0.5, 0.6) is 0 Å². The van der Waals surface area contributed by atoms with Gasteiger partial charge < -0.3 is 0 Å². The summed E-state index contributed by atoms with van der Waals surface area (Å²) in [6.45, 7) is 0. The van der Waals surface area contributed by atoms with Crippen LogP contribution < -0.4 is 21.2 Å². The SMILES string of the molecule is C1=C[PH](c2ccccc2)(c2ccccc2)C[PH]1(c1ccccc1)c1ccccc1. The summed E-state index contributed by atoms with van der Waals surface area (Å²) in [7, 11) is -4.01. The minimum atomic E-state index is -2.00. The second-order valence-electron chi connectivity index (χ2n) is 7.92. The summed E-state index contributed by atoms with van der Waals surface area (Å²) in [4.78, 5) is 0. The van der Waals surface area contributed by atoms with Gasteiger partial charge in [-0.15, -0.1) is 0 Å². The summed E-state index contributed by atoms with van der Waals surface area (Å²) in [5, 5.41) is 6.07. The first kappa shape index (κ1) is 18.5. The zero-order valence-electron chi connectivity index (χ0n) is 16.4. The summed E-state index contributed by atoms with van der Waals surface area (Å²) in [6.07, 6.45) is 0. The Morgan fingerprint density at radius 2 is 0.586 bits per heavy atom. The molecule has 0 aromatic heterocycles. The molecule has 1 heterocycles. The molecule has 1 aliphatic heterocycles. The molecule has 29 heavy (non-hydrogen) atoms. The Morgan fingerprint density at radius 3 is 0.828 bits per heavy atom. The Labute approximate surface area is 174 Å². The molecule has 0 bridgehead atoms. The first-order valence-electron chi connectivity index (χ1n) is 10.3. The topological polar surface area (TPSA) is 0 Å². The summed E-state index contributed by atoms with van der Waals surface area (Å²) < 4.78 is 0. The molecule has 0 saturated carbocycles. The standard InChI is InChI=1S/C27H26P2/c1-5-13-24(14-6-1)28(25-15-7-2-8-16-25)21-22-29(23-28,26-17-9-3-10-18-26)27-19-11-4-12-20-27/h1-22,28-29H,23H2. The number of hydrogen-bond donors (Lipinski definition) is 0. The van der Waals surface area contributed by atoms with E-state index in [4.69, 9.17) is 0 Å². The van der Waals surface area contributed by atoms with Crippen LogP contribution in [-0.2, 0) is 0 Å². The molecule has 4 aromatic carbocycles. The average molecular weight is 412 g/mol. The maximum absolute atomic E-state index is 2.64. The van der Waals surface area contributed by atoms with Crippen molar-refractivity contribution in [3.05, 3.63) is 133 Å². The summed E-state index contributed by atoms with van der Waals surface area (Å²) in [5.74, 6) is 6.54. The van der Waals surface area contributed by atoms with Crippen LogP contribution in [0.2, 0.25) is 0 Å². The quantitative estimate of drug-likeness (QED) is 0.403. The molecule has 2 heteroatoms. The van der Waals surface area contributed by atoms with Crippen molar-refractivity contribution in [3.63, 3.8) is 0 Å². The van der Waals surface area contributed by atoms with Crippen LogP contribution in [0.15, 0.2) is 133 Å². The molecule has 0 unspecified atom stereocenters. The normalized spacial score (nSPS) is 18.8. The molecule has 4 aromatic rings. The zero-order chi connectivity index (χ0) is 19.6. The van der Waals surface area contributed by atoms with E-state index in [1.165, 1.54) is 27.1 Å². The van der Waals surface area contributed by atoms with E-state index in [-0.39, 0.29) is 0 Å². The molecule has 5 rings (SSSR count). The fourth-order valence-corrected chi connectivity index (χ4v) is 19.5. The van der Waals surface area contributed by atoms with E-state index >= 15 is 0 Å². The van der Waals surface area contributed by atoms with Crippen molar-refractivity contribution in [2.24, 2.45) is 0 Å². The Morgan fingerprint density at radius 1 is 0.345 bits per heavy atom. The van der Waals surface area contributed by atoms with Gasteiger partial charge in [-0.2, -0.15) is 0 Å². The zero-order valence-corrected chi connectivity index (χ0v) is 18.4. The fourth-order valence-electron chi connectivity index (χ4n) is 4.91. The molecule has 0 amide bonds. The van der Waals surface area contributed by atoms with E-state index < -0.39 is 14.5 Å². The molecule has 0 radical (unpaired) electrons. The van der Waals surface area contributed by atoms with E-state index in [1.807, 2.05) is 0 Å². The van der Waals surface area contributed by atoms with Gasteiger partial charge in [0.25, 0.3) is 0 Å². The van der Waals surface area contributed by atoms with Crippen molar-refractivity contribution in [1.82, 2.24) is 0 Å². The number of rotatable bonds is 4. The van der Waals surface area contributed by atoms with Crippen LogP contribution in [0.1, 0.15) is 0 Å². The Balaban J connectivity index is 1.74. The third kappa shape index (κ3) is 3.18. The van der Waals surface area contributed by atoms with Gasteiger partial charge >= 0.3 is 175 Å². The molecule has 144 valence electrons. The van der Waals surface area contributed by atoms with Crippen molar-refractivity contribution >= 4 is 35.7 Å². The van der Waals surface area contributed by atoms with Crippen LogP contribution >= 0.6 is 14.5 Å². The molecule has 0 spiro atoms. The molecule has 0 atom stereocenters. The van der Waals surface area contributed by atoms with Gasteiger partial charge in [-0.25, -0.2) is 0 Å². The van der Waals surface area contributed by atoms with Gasteiger partial charge in [-0.05, 0) is 0 Å². The van der Waals surface area contributed by atoms with E-state index in [0.29, 0.717) is 0 Å². The van der Waals surface area contributed by atoms with Gasteiger partial charge in [0.1, 0.15) is 0 Å². The van der Waals surface area contributed by atoms with E-state index in [2.05, 4.69) is 133 Å². The summed E-state index contributed by atoms with van der Waals surface area (Å²) in [6, 6.07) is 45.0. The Kier molecular flexibility index (Phi) is 4.92. The third-order valence-electron chi connectivity index (χ3n) is 6.37. The van der Waals surface area contributed by atoms with Crippen LogP contribution in [-0.4, -0.2) is 5.90 Å². The van der Waals surface area contributed by atoms with Crippen LogP contribution in [0.3, 0.4) is 0 Å². The molecular weight excluding hydrogens is 386 g/mol. The summed E-state index contributed by atoms with van der Waals surface area (Å²) >= 11 is 0. The van der Waals surface area contributed by atoms with Gasteiger partial charge in [-0.1, -0.05) is 0 Å². The summed E-state index contributed by atoms with van der Waals surface area (Å²) in [5.41, 5.74) is 0. The Bertz CT molecular complexity index is 934. The molecule has 0 aliphatic carbocycles. The maximum atomic E-state index is 2.64. The van der Waals surface area contributed by atoms with Gasteiger partial charge in [0.05, 0.1) is 0 Å². The molecule has 0 fully saturated rings. The predicted octanol–water partition coefficient (Wildman–Crippen LogP) is 5.23. The van der Waals surface area contributed by atoms with Crippen LogP contribution in [0, 0.1) is 0 Å². The third-order valence-corrected chi connectivity index (χ3v) is 18.1. The van der Waals surface area contributed by atoms with Crippen molar-refractivity contribution in [3.8, 4) is 0 Å². The second-order valence-corrected chi connectivity index (χ2v) is 16.2. The van der Waals surface area contributed by atoms with Crippen LogP contribution in [0.25, 0.3) is 0 Å². The van der Waals surface area contributed by atoms with Gasteiger partial charge in [0.2, 0.25) is 0 Å². The van der Waals surface area contributed by atoms with Gasteiger partial charge in [0.15, 0.2) is 0 Å². The number of hydrogen-bond acceptors (Lipinski definition) is 0. The first-order valence-corrected chi connectivity index (χ1v) is 14.8. The monoisotopic (exact) mass is 412 g/mol. The first-order chi connectivity index (χ1) is 14.3. The van der Waals surface area contributed by atoms with Gasteiger partial charge in [0, 0.05) is 0 Å². The number of benzene rings is 4. The molecule has 0 saturated heterocycles. The van der Waals surface area contributed by atoms with E-state index in [1.54, 1.807) is 0 Å². The minimum absolute atomic E-state index is 1.25. The Hall–Kier alpha value is -2.52. The average Bonchev–Trinajstić information content (AvgIpc) is 3.25. The molecule has 0 N–H and O–H groups in total.